The number of amides is 1. The summed E-state index contributed by atoms with van der Waals surface area (Å²) in [4.78, 5) is 16.6. The fourth-order valence-corrected chi connectivity index (χ4v) is 3.02. The lowest BCUT2D eigenvalue weighted by Crippen LogP contribution is -2.47. The maximum absolute atomic E-state index is 12.9. The van der Waals surface area contributed by atoms with Crippen LogP contribution in [0.25, 0.3) is 0 Å². The van der Waals surface area contributed by atoms with Crippen molar-refractivity contribution in [1.82, 2.24) is 4.90 Å². The number of hydrogen-bond acceptors (Lipinski definition) is 3. The average molecular weight is 362 g/mol. The molecule has 0 aliphatic carbocycles. The Morgan fingerprint density at radius 1 is 1.00 bits per heavy atom. The Hall–Kier alpha value is -2.11. The van der Waals surface area contributed by atoms with Crippen LogP contribution < -0.4 is 10.2 Å². The molecule has 0 unspecified atom stereocenters. The highest BCUT2D eigenvalue weighted by Crippen LogP contribution is 2.19. The normalized spacial score (nSPS) is 15.2. The summed E-state index contributed by atoms with van der Waals surface area (Å²) in [6, 6.07) is 13.7. The fourth-order valence-electron chi connectivity index (χ4n) is 2.90. The first kappa shape index (κ1) is 17.7. The maximum Gasteiger partial charge on any atom is 0.225 e. The summed E-state index contributed by atoms with van der Waals surface area (Å²) in [5.41, 5.74) is 1.80. The first-order valence-corrected chi connectivity index (χ1v) is 8.76. The smallest absolute Gasteiger partial charge is 0.225 e. The minimum atomic E-state index is -0.309. The predicted octanol–water partition coefficient (Wildman–Crippen LogP) is 3.63. The van der Waals surface area contributed by atoms with E-state index in [2.05, 4.69) is 15.1 Å². The van der Waals surface area contributed by atoms with Gasteiger partial charge in [0, 0.05) is 55.5 Å². The minimum absolute atomic E-state index is 0.0493. The van der Waals surface area contributed by atoms with Gasteiger partial charge >= 0.3 is 0 Å². The van der Waals surface area contributed by atoms with Crippen molar-refractivity contribution in [2.24, 2.45) is 0 Å². The van der Waals surface area contributed by atoms with Gasteiger partial charge in [0.1, 0.15) is 5.82 Å². The number of rotatable bonds is 5. The van der Waals surface area contributed by atoms with Gasteiger partial charge in [-0.2, -0.15) is 0 Å². The van der Waals surface area contributed by atoms with Crippen molar-refractivity contribution in [2.45, 2.75) is 6.42 Å². The van der Waals surface area contributed by atoms with Crippen molar-refractivity contribution in [2.75, 3.05) is 42.9 Å². The molecular formula is C19H21ClFN3O. The number of carbonyl (C=O) groups excluding carboxylic acids is 1. The highest BCUT2D eigenvalue weighted by molar-refractivity contribution is 6.30. The van der Waals surface area contributed by atoms with Crippen LogP contribution in [0.1, 0.15) is 6.42 Å². The summed E-state index contributed by atoms with van der Waals surface area (Å²) >= 11 is 5.93. The molecule has 25 heavy (non-hydrogen) atoms. The van der Waals surface area contributed by atoms with Crippen LogP contribution in [0, 0.1) is 5.82 Å². The molecule has 1 aliphatic rings. The molecule has 0 bridgehead atoms. The van der Waals surface area contributed by atoms with Gasteiger partial charge in [-0.05, 0) is 48.5 Å². The molecule has 4 nitrogen and oxygen atoms in total. The molecule has 0 radical (unpaired) electrons. The molecule has 3 rings (SSSR count). The number of nitrogens with one attached hydrogen (secondary N) is 1. The quantitative estimate of drug-likeness (QED) is 0.883. The maximum atomic E-state index is 12.9. The second-order valence-electron chi connectivity index (χ2n) is 6.11. The Balaban J connectivity index is 1.40. The van der Waals surface area contributed by atoms with E-state index in [0.717, 1.165) is 37.7 Å². The minimum Gasteiger partial charge on any atom is -0.369 e. The molecule has 1 heterocycles. The Morgan fingerprint density at radius 3 is 2.28 bits per heavy atom. The number of halogens is 2. The molecule has 1 aliphatic heterocycles. The van der Waals surface area contributed by atoms with Gasteiger partial charge in [0.15, 0.2) is 0 Å². The molecule has 132 valence electrons. The van der Waals surface area contributed by atoms with E-state index < -0.39 is 0 Å². The third kappa shape index (κ3) is 5.18. The van der Waals surface area contributed by atoms with Gasteiger partial charge in [-0.1, -0.05) is 11.6 Å². The number of benzene rings is 2. The molecule has 2 aromatic rings. The van der Waals surface area contributed by atoms with Crippen LogP contribution in [0.5, 0.6) is 0 Å². The fraction of sp³-hybridized carbons (Fsp3) is 0.316. The lowest BCUT2D eigenvalue weighted by atomic mass is 10.2. The van der Waals surface area contributed by atoms with E-state index in [9.17, 15) is 9.18 Å². The molecule has 6 heteroatoms. The second-order valence-corrected chi connectivity index (χ2v) is 6.55. The van der Waals surface area contributed by atoms with Gasteiger partial charge in [0.25, 0.3) is 0 Å². The topological polar surface area (TPSA) is 35.6 Å². The first-order valence-electron chi connectivity index (χ1n) is 8.38. The lowest BCUT2D eigenvalue weighted by Gasteiger charge is -2.36. The van der Waals surface area contributed by atoms with E-state index in [1.54, 1.807) is 12.1 Å². The standard InChI is InChI=1S/C19H21ClFN3O/c20-15-1-7-18(8-2-15)24-13-11-23(12-14-24)10-9-19(25)22-17-5-3-16(21)4-6-17/h1-8H,9-14H2,(H,22,25). The van der Waals surface area contributed by atoms with Crippen molar-refractivity contribution in [3.05, 3.63) is 59.4 Å². The van der Waals surface area contributed by atoms with Crippen LogP contribution in [0.4, 0.5) is 15.8 Å². The highest BCUT2D eigenvalue weighted by atomic mass is 35.5. The zero-order chi connectivity index (χ0) is 17.6. The Morgan fingerprint density at radius 2 is 1.64 bits per heavy atom. The van der Waals surface area contributed by atoms with Crippen molar-refractivity contribution in [3.63, 3.8) is 0 Å². The number of nitrogens with zero attached hydrogens (tertiary/aromatic N) is 2. The Labute approximate surface area is 152 Å². The van der Waals surface area contributed by atoms with Crippen LogP contribution >= 0.6 is 11.6 Å². The number of anilines is 2. The first-order chi connectivity index (χ1) is 12.1. The third-order valence-corrected chi connectivity index (χ3v) is 4.60. The number of hydrogen-bond donors (Lipinski definition) is 1. The largest absolute Gasteiger partial charge is 0.369 e. The molecule has 0 atom stereocenters. The van der Waals surface area contributed by atoms with Gasteiger partial charge in [-0.3, -0.25) is 9.69 Å². The molecule has 1 saturated heterocycles. The summed E-state index contributed by atoms with van der Waals surface area (Å²) < 4.78 is 12.9. The van der Waals surface area contributed by atoms with E-state index >= 15 is 0 Å². The van der Waals surface area contributed by atoms with Crippen LogP contribution in [0.3, 0.4) is 0 Å². The zero-order valence-corrected chi connectivity index (χ0v) is 14.7. The van der Waals surface area contributed by atoms with Crippen LogP contribution in [-0.4, -0.2) is 43.5 Å². The third-order valence-electron chi connectivity index (χ3n) is 4.35. The number of piperazine rings is 1. The van der Waals surface area contributed by atoms with Gasteiger partial charge in [-0.25, -0.2) is 4.39 Å². The van der Waals surface area contributed by atoms with E-state index in [0.29, 0.717) is 12.1 Å². The highest BCUT2D eigenvalue weighted by Gasteiger charge is 2.17. The van der Waals surface area contributed by atoms with E-state index in [-0.39, 0.29) is 11.7 Å². The Bertz CT molecular complexity index is 698. The van der Waals surface area contributed by atoms with Crippen molar-refractivity contribution >= 4 is 28.9 Å². The molecular weight excluding hydrogens is 341 g/mol. The van der Waals surface area contributed by atoms with Crippen LogP contribution in [0.15, 0.2) is 48.5 Å². The Kier molecular flexibility index (Phi) is 5.89. The van der Waals surface area contributed by atoms with E-state index in [1.807, 2.05) is 24.3 Å². The molecule has 1 fully saturated rings. The van der Waals surface area contributed by atoms with Crippen molar-refractivity contribution < 1.29 is 9.18 Å². The van der Waals surface area contributed by atoms with Gasteiger partial charge in [-0.15, -0.1) is 0 Å². The lowest BCUT2D eigenvalue weighted by molar-refractivity contribution is -0.116. The van der Waals surface area contributed by atoms with Gasteiger partial charge in [0.2, 0.25) is 5.91 Å². The predicted molar refractivity (Wildman–Crippen MR) is 99.8 cm³/mol. The second kappa shape index (κ2) is 8.32. The monoisotopic (exact) mass is 361 g/mol. The number of carbonyl (C=O) groups is 1. The van der Waals surface area contributed by atoms with Gasteiger partial charge < -0.3 is 10.2 Å². The summed E-state index contributed by atoms with van der Waals surface area (Å²) in [5, 5.41) is 3.54. The molecule has 0 aromatic heterocycles. The van der Waals surface area contributed by atoms with E-state index in [1.165, 1.54) is 17.8 Å². The summed E-state index contributed by atoms with van der Waals surface area (Å²) in [7, 11) is 0. The zero-order valence-electron chi connectivity index (χ0n) is 13.9. The van der Waals surface area contributed by atoms with E-state index in [4.69, 9.17) is 11.6 Å². The molecule has 1 N–H and O–H groups in total. The van der Waals surface area contributed by atoms with Crippen molar-refractivity contribution in [3.8, 4) is 0 Å². The van der Waals surface area contributed by atoms with Gasteiger partial charge in [0.05, 0.1) is 0 Å². The summed E-state index contributed by atoms with van der Waals surface area (Å²) in [6.45, 7) is 4.43. The molecule has 1 amide bonds. The SMILES string of the molecule is O=C(CCN1CCN(c2ccc(Cl)cc2)CC1)Nc1ccc(F)cc1. The average Bonchev–Trinajstić information content (AvgIpc) is 2.63. The molecule has 2 aromatic carbocycles. The summed E-state index contributed by atoms with van der Waals surface area (Å²) in [6.07, 6.45) is 0.429. The van der Waals surface area contributed by atoms with Crippen LogP contribution in [-0.2, 0) is 4.79 Å². The van der Waals surface area contributed by atoms with Crippen molar-refractivity contribution in [1.29, 1.82) is 0 Å². The van der Waals surface area contributed by atoms with Crippen LogP contribution in [0.2, 0.25) is 5.02 Å². The molecule has 0 saturated carbocycles. The summed E-state index contributed by atoms with van der Waals surface area (Å²) in [5.74, 6) is -0.358. The molecule has 0 spiro atoms.